The first-order valence-corrected chi connectivity index (χ1v) is 27.0. The van der Waals surface area contributed by atoms with Crippen LogP contribution in [0.2, 0.25) is 0 Å². The van der Waals surface area contributed by atoms with Crippen LogP contribution in [0.3, 0.4) is 0 Å². The summed E-state index contributed by atoms with van der Waals surface area (Å²) < 4.78 is 48.2. The highest BCUT2D eigenvalue weighted by Crippen LogP contribution is 2.76. The van der Waals surface area contributed by atoms with Crippen LogP contribution in [0, 0.1) is 50.2 Å². The Bertz CT molecular complexity index is 2060. The lowest BCUT2D eigenvalue weighted by Crippen LogP contribution is -2.68. The first-order valence-electron chi connectivity index (χ1n) is 27.0. The number of fused-ring (bicyclic) bond motifs is 7. The van der Waals surface area contributed by atoms with Crippen molar-refractivity contribution in [1.29, 1.82) is 0 Å². The van der Waals surface area contributed by atoms with E-state index in [2.05, 4.69) is 54.5 Å². The molecule has 424 valence electrons. The molecule has 0 aromatic carbocycles. The minimum atomic E-state index is -1.86. The van der Waals surface area contributed by atoms with E-state index >= 15 is 0 Å². The highest BCUT2D eigenvalue weighted by atomic mass is 16.8. The topological polar surface area (TPSA) is 334 Å². The standard InChI is InChI=1S/C53H86O21/c1-22-32(56)35(59)38(62)44(69-22)74-42-33(57)23(2)70-46(40(42)64)73-41-27(21-68-43-37(61)34(58)26(54)20-67-43)71-45(39(63)36(41)60)72-31-13-14-50(7)28(49(31,5)6)12-15-51(8)29(50)11-10-24-25-18-48(3,4)16-17-53(25,47(65)66)30(55)19-52(24,51)9/h10,22-23,25-46,54-64H,11-21H2,1-9H3,(H,65,66)/t22-,23-,25-,26+,27+,28-,29+,30+,31-,32-,33-,34-,35+,36+,37+,38+,39+,40+,41+,42+,43-,44-,45-,46-,50-,51+,52+,53+/m0/s1. The van der Waals surface area contributed by atoms with Gasteiger partial charge < -0.3 is 99.2 Å². The van der Waals surface area contributed by atoms with Crippen LogP contribution in [0.15, 0.2) is 11.6 Å². The minimum absolute atomic E-state index is 0.0668. The third kappa shape index (κ3) is 9.08. The second kappa shape index (κ2) is 20.2. The van der Waals surface area contributed by atoms with E-state index in [0.717, 1.165) is 32.1 Å². The average molecular weight is 1060 g/mol. The molecule has 28 atom stereocenters. The van der Waals surface area contributed by atoms with Gasteiger partial charge in [0.15, 0.2) is 25.2 Å². The molecule has 5 aliphatic carbocycles. The summed E-state index contributed by atoms with van der Waals surface area (Å²) in [5.41, 5.74) is -1.53. The predicted molar refractivity (Wildman–Crippen MR) is 256 cm³/mol. The van der Waals surface area contributed by atoms with Gasteiger partial charge in [0.1, 0.15) is 84.8 Å². The maximum absolute atomic E-state index is 13.2. The largest absolute Gasteiger partial charge is 0.481 e. The first-order chi connectivity index (χ1) is 34.4. The molecule has 9 rings (SSSR count). The number of aliphatic hydroxyl groups is 11. The predicted octanol–water partition coefficient (Wildman–Crippen LogP) is 0.196. The van der Waals surface area contributed by atoms with E-state index in [1.165, 1.54) is 19.4 Å². The van der Waals surface area contributed by atoms with Crippen LogP contribution >= 0.6 is 0 Å². The third-order valence-corrected chi connectivity index (χ3v) is 21.0. The Balaban J connectivity index is 0.943. The maximum Gasteiger partial charge on any atom is 0.312 e. The lowest BCUT2D eigenvalue weighted by Gasteiger charge is -2.71. The van der Waals surface area contributed by atoms with E-state index in [1.807, 2.05) is 0 Å². The molecule has 0 unspecified atom stereocenters. The van der Waals surface area contributed by atoms with Gasteiger partial charge in [-0.05, 0) is 116 Å². The van der Waals surface area contributed by atoms with Crippen LogP contribution in [0.4, 0.5) is 0 Å². The van der Waals surface area contributed by atoms with Crippen LogP contribution in [0.5, 0.6) is 0 Å². The summed E-state index contributed by atoms with van der Waals surface area (Å²) in [5.74, 6) is -0.885. The van der Waals surface area contributed by atoms with Crippen molar-refractivity contribution in [3.63, 3.8) is 0 Å². The fourth-order valence-electron chi connectivity index (χ4n) is 16.3. The number of carboxylic acid groups (broad SMARTS) is 1. The number of rotatable bonds is 10. The van der Waals surface area contributed by atoms with Crippen LogP contribution in [0.25, 0.3) is 0 Å². The summed E-state index contributed by atoms with van der Waals surface area (Å²) in [4.78, 5) is 13.2. The smallest absolute Gasteiger partial charge is 0.312 e. The van der Waals surface area contributed by atoms with E-state index in [9.17, 15) is 66.1 Å². The highest BCUT2D eigenvalue weighted by molar-refractivity contribution is 5.77. The molecule has 9 aliphatic rings. The van der Waals surface area contributed by atoms with Crippen LogP contribution < -0.4 is 0 Å². The summed E-state index contributed by atoms with van der Waals surface area (Å²) in [7, 11) is 0. The summed E-state index contributed by atoms with van der Waals surface area (Å²) >= 11 is 0. The molecule has 74 heavy (non-hydrogen) atoms. The minimum Gasteiger partial charge on any atom is -0.481 e. The Kier molecular flexibility index (Phi) is 15.6. The van der Waals surface area contributed by atoms with Crippen molar-refractivity contribution in [3.05, 3.63) is 11.6 Å². The third-order valence-electron chi connectivity index (χ3n) is 21.0. The number of carbonyl (C=O) groups is 1. The van der Waals surface area contributed by atoms with Crippen molar-refractivity contribution >= 4 is 5.97 Å². The highest BCUT2D eigenvalue weighted by Gasteiger charge is 2.72. The van der Waals surface area contributed by atoms with Crippen molar-refractivity contribution in [2.24, 2.45) is 50.2 Å². The monoisotopic (exact) mass is 1060 g/mol. The lowest BCUT2D eigenvalue weighted by molar-refractivity contribution is -0.384. The molecular weight excluding hydrogens is 973 g/mol. The van der Waals surface area contributed by atoms with Gasteiger partial charge in [-0.1, -0.05) is 60.1 Å². The van der Waals surface area contributed by atoms with Gasteiger partial charge >= 0.3 is 5.97 Å². The van der Waals surface area contributed by atoms with Gasteiger partial charge in [-0.25, -0.2) is 0 Å². The summed E-state index contributed by atoms with van der Waals surface area (Å²) in [5, 5.41) is 132. The zero-order chi connectivity index (χ0) is 54.2. The molecule has 0 amide bonds. The number of aliphatic hydroxyl groups excluding tert-OH is 11. The Morgan fingerprint density at radius 1 is 0.622 bits per heavy atom. The molecule has 0 aromatic heterocycles. The molecule has 21 nitrogen and oxygen atoms in total. The van der Waals surface area contributed by atoms with E-state index in [0.29, 0.717) is 25.7 Å². The lowest BCUT2D eigenvalue weighted by atomic mass is 9.33. The molecule has 8 fully saturated rings. The molecule has 12 N–H and O–H groups in total. The number of hydrogen-bond donors (Lipinski definition) is 12. The molecule has 0 aromatic rings. The quantitative estimate of drug-likeness (QED) is 0.103. The van der Waals surface area contributed by atoms with Crippen molar-refractivity contribution in [2.45, 2.75) is 249 Å². The molecule has 4 aliphatic heterocycles. The Morgan fingerprint density at radius 2 is 1.23 bits per heavy atom. The molecule has 21 heteroatoms. The van der Waals surface area contributed by atoms with E-state index in [-0.39, 0.29) is 40.6 Å². The van der Waals surface area contributed by atoms with Crippen molar-refractivity contribution in [2.75, 3.05) is 13.2 Å². The number of allylic oxidation sites excluding steroid dienone is 2. The van der Waals surface area contributed by atoms with E-state index in [4.69, 9.17) is 37.9 Å². The normalized spacial score (nSPS) is 55.2. The summed E-state index contributed by atoms with van der Waals surface area (Å²) in [6.07, 6.45) is -22.7. The van der Waals surface area contributed by atoms with Crippen molar-refractivity contribution in [3.8, 4) is 0 Å². The maximum atomic E-state index is 13.2. The first kappa shape index (κ1) is 57.1. The summed E-state index contributed by atoms with van der Waals surface area (Å²) in [6.45, 7) is 17.7. The summed E-state index contributed by atoms with van der Waals surface area (Å²) in [6, 6.07) is 0. The number of carboxylic acids is 1. The van der Waals surface area contributed by atoms with Crippen LogP contribution in [-0.2, 0) is 42.7 Å². The van der Waals surface area contributed by atoms with Gasteiger partial charge in [0.2, 0.25) is 0 Å². The van der Waals surface area contributed by atoms with Crippen molar-refractivity contribution < 1.29 is 104 Å². The number of hydrogen-bond acceptors (Lipinski definition) is 20. The van der Waals surface area contributed by atoms with E-state index in [1.54, 1.807) is 0 Å². The van der Waals surface area contributed by atoms with Gasteiger partial charge in [-0.15, -0.1) is 0 Å². The fourth-order valence-corrected chi connectivity index (χ4v) is 16.3. The fraction of sp³-hybridized carbons (Fsp3) is 0.943. The van der Waals surface area contributed by atoms with Gasteiger partial charge in [-0.2, -0.15) is 0 Å². The van der Waals surface area contributed by atoms with Gasteiger partial charge in [0.05, 0.1) is 37.6 Å². The Morgan fingerprint density at radius 3 is 1.91 bits per heavy atom. The molecule has 0 radical (unpaired) electrons. The van der Waals surface area contributed by atoms with Gasteiger partial charge in [-0.3, -0.25) is 4.79 Å². The molecule has 0 spiro atoms. The van der Waals surface area contributed by atoms with Crippen LogP contribution in [0.1, 0.15) is 120 Å². The zero-order valence-corrected chi connectivity index (χ0v) is 44.3. The molecule has 4 heterocycles. The average Bonchev–Trinajstić information content (AvgIpc) is 3.32. The second-order valence-corrected chi connectivity index (χ2v) is 25.9. The Hall–Kier alpha value is -1.55. The molecule has 4 saturated carbocycles. The Labute approximate surface area is 433 Å². The molecular formula is C53H86O21. The molecule has 4 saturated heterocycles. The van der Waals surface area contributed by atoms with Gasteiger partial charge in [0, 0.05) is 0 Å². The van der Waals surface area contributed by atoms with Gasteiger partial charge in [0.25, 0.3) is 0 Å². The SMILES string of the molecule is C[C@@H]1O[C@@H](O[C@@H]2[C@@H](O)[C@H](C)O[C@@H](O[C@H]3[C@H](O)[C@@H](O)[C@H](O[C@H]4CC[C@]5(C)[C@H]6CC=C7[C@@H]8CC(C)(C)CC[C@]8(C(=O)O)[C@H](O)C[C@@]7(C)[C@]6(C)CC[C@H]5C4(C)C)O[C@@H]3CO[C@@H]3OC[C@@H](O)[C@H](O)[C@H]3O)[C@@H]2O)[C@H](O)[C@H](O)[C@H]1O. The van der Waals surface area contributed by atoms with E-state index < -0.39 is 158 Å². The number of aliphatic carboxylic acids is 1. The second-order valence-electron chi connectivity index (χ2n) is 25.9. The molecule has 0 bridgehead atoms. The van der Waals surface area contributed by atoms with Crippen molar-refractivity contribution in [1.82, 2.24) is 0 Å². The number of ether oxygens (including phenoxy) is 8. The zero-order valence-electron chi connectivity index (χ0n) is 44.3. The van der Waals surface area contributed by atoms with Crippen LogP contribution in [-0.4, -0.2) is 209 Å².